The predicted octanol–water partition coefficient (Wildman–Crippen LogP) is 2.11. The molecule has 0 unspecified atom stereocenters. The van der Waals surface area contributed by atoms with E-state index in [0.717, 1.165) is 0 Å². The van der Waals surface area contributed by atoms with Gasteiger partial charge in [0.2, 0.25) is 0 Å². The van der Waals surface area contributed by atoms with Crippen molar-refractivity contribution in [1.29, 1.82) is 0 Å². The van der Waals surface area contributed by atoms with Gasteiger partial charge < -0.3 is 9.47 Å². The lowest BCUT2D eigenvalue weighted by Gasteiger charge is -2.14. The number of carbonyl (C=O) groups is 3. The lowest BCUT2D eigenvalue weighted by atomic mass is 10.2. The zero-order chi connectivity index (χ0) is 18.9. The number of hydrogen-bond donors (Lipinski definition) is 2. The smallest absolute Gasteiger partial charge is 0.347 e. The van der Waals surface area contributed by atoms with Gasteiger partial charge in [-0.2, -0.15) is 0 Å². The van der Waals surface area contributed by atoms with E-state index in [0.29, 0.717) is 16.3 Å². The summed E-state index contributed by atoms with van der Waals surface area (Å²) in [6.07, 6.45) is -0.914. The summed E-state index contributed by atoms with van der Waals surface area (Å²) in [5.41, 5.74) is 4.77. The highest BCUT2D eigenvalue weighted by Gasteiger charge is 2.18. The van der Waals surface area contributed by atoms with Crippen LogP contribution >= 0.6 is 11.6 Å². The maximum absolute atomic E-state index is 11.8. The van der Waals surface area contributed by atoms with Crippen LogP contribution in [0.4, 0.5) is 0 Å². The summed E-state index contributed by atoms with van der Waals surface area (Å²) in [6.45, 7) is 0.939. The van der Waals surface area contributed by atoms with Crippen LogP contribution in [-0.4, -0.2) is 30.5 Å². The first kappa shape index (κ1) is 19.3. The molecule has 0 aromatic heterocycles. The van der Waals surface area contributed by atoms with Crippen molar-refractivity contribution in [1.82, 2.24) is 10.9 Å². The number of hydrogen-bond acceptors (Lipinski definition) is 5. The molecular weight excluding hydrogens is 360 g/mol. The third kappa shape index (κ3) is 6.10. The average molecular weight is 377 g/mol. The second kappa shape index (κ2) is 9.43. The second-order valence-corrected chi connectivity index (χ2v) is 5.63. The number of carbonyl (C=O) groups excluding carboxylic acids is 3. The number of nitrogens with one attached hydrogen (secondary N) is 2. The molecule has 2 N–H and O–H groups in total. The number of esters is 1. The van der Waals surface area contributed by atoms with Crippen LogP contribution in [0.5, 0.6) is 5.75 Å². The monoisotopic (exact) mass is 376 g/mol. The minimum absolute atomic E-state index is 0.384. The van der Waals surface area contributed by atoms with E-state index in [1.807, 2.05) is 0 Å². The van der Waals surface area contributed by atoms with Gasteiger partial charge in [-0.05, 0) is 43.3 Å². The molecular formula is C18H17ClN2O5. The Morgan fingerprint density at radius 1 is 1.00 bits per heavy atom. The van der Waals surface area contributed by atoms with Crippen LogP contribution in [0.3, 0.4) is 0 Å². The molecule has 0 fully saturated rings. The van der Waals surface area contributed by atoms with Crippen LogP contribution in [0.1, 0.15) is 17.3 Å². The number of halogens is 1. The molecule has 136 valence electrons. The molecule has 2 aromatic carbocycles. The molecule has 26 heavy (non-hydrogen) atoms. The van der Waals surface area contributed by atoms with Crippen molar-refractivity contribution < 1.29 is 23.9 Å². The van der Waals surface area contributed by atoms with Crippen LogP contribution in [0, 0.1) is 0 Å². The Kier molecular flexibility index (Phi) is 6.99. The van der Waals surface area contributed by atoms with Gasteiger partial charge in [0.25, 0.3) is 11.8 Å². The van der Waals surface area contributed by atoms with Gasteiger partial charge in [0.05, 0.1) is 0 Å². The Morgan fingerprint density at radius 3 is 2.31 bits per heavy atom. The van der Waals surface area contributed by atoms with Crippen molar-refractivity contribution >= 4 is 29.4 Å². The van der Waals surface area contributed by atoms with E-state index in [-0.39, 0.29) is 0 Å². The van der Waals surface area contributed by atoms with Crippen LogP contribution in [0.15, 0.2) is 54.6 Å². The third-order valence-corrected chi connectivity index (χ3v) is 3.41. The van der Waals surface area contributed by atoms with Gasteiger partial charge in [0, 0.05) is 10.6 Å². The zero-order valence-corrected chi connectivity index (χ0v) is 14.7. The number of hydrazine groups is 1. The summed E-state index contributed by atoms with van der Waals surface area (Å²) in [5, 5.41) is 0.543. The standard InChI is InChI=1S/C18H17ClN2O5/c1-12(26-15-9-7-14(19)8-10-15)18(24)25-11-16(22)20-21-17(23)13-5-3-2-4-6-13/h2-10,12H,11H2,1H3,(H,20,22)(H,21,23)/t12-/m1/s1. The topological polar surface area (TPSA) is 93.7 Å². The normalized spacial score (nSPS) is 11.2. The van der Waals surface area contributed by atoms with Gasteiger partial charge >= 0.3 is 5.97 Å². The first-order chi connectivity index (χ1) is 12.5. The Morgan fingerprint density at radius 2 is 1.65 bits per heavy atom. The SMILES string of the molecule is C[C@@H](Oc1ccc(Cl)cc1)C(=O)OCC(=O)NNC(=O)c1ccccc1. The van der Waals surface area contributed by atoms with Crippen molar-refractivity contribution in [2.24, 2.45) is 0 Å². The molecule has 2 aromatic rings. The molecule has 0 radical (unpaired) electrons. The average Bonchev–Trinajstić information content (AvgIpc) is 2.66. The summed E-state index contributed by atoms with van der Waals surface area (Å²) in [5.74, 6) is -1.44. The van der Waals surface area contributed by atoms with Crippen molar-refractivity contribution in [2.45, 2.75) is 13.0 Å². The highest BCUT2D eigenvalue weighted by atomic mass is 35.5. The van der Waals surface area contributed by atoms with E-state index < -0.39 is 30.5 Å². The van der Waals surface area contributed by atoms with Gasteiger partial charge in [0.15, 0.2) is 12.7 Å². The van der Waals surface area contributed by atoms with E-state index in [1.165, 1.54) is 6.92 Å². The predicted molar refractivity (Wildman–Crippen MR) is 94.6 cm³/mol. The second-order valence-electron chi connectivity index (χ2n) is 5.19. The Hall–Kier alpha value is -3.06. The molecule has 2 rings (SSSR count). The van der Waals surface area contributed by atoms with Crippen LogP contribution in [0.2, 0.25) is 5.02 Å². The fourth-order valence-electron chi connectivity index (χ4n) is 1.84. The summed E-state index contributed by atoms with van der Waals surface area (Å²) >= 11 is 5.76. The van der Waals surface area contributed by atoms with E-state index in [1.54, 1.807) is 54.6 Å². The molecule has 0 aliphatic rings. The molecule has 0 bridgehead atoms. The third-order valence-electron chi connectivity index (χ3n) is 3.16. The van der Waals surface area contributed by atoms with Crippen molar-refractivity contribution in [3.8, 4) is 5.75 Å². The number of ether oxygens (including phenoxy) is 2. The fourth-order valence-corrected chi connectivity index (χ4v) is 1.97. The highest BCUT2D eigenvalue weighted by Crippen LogP contribution is 2.17. The Labute approximate surface area is 155 Å². The molecule has 0 aliphatic carbocycles. The van der Waals surface area contributed by atoms with E-state index in [9.17, 15) is 14.4 Å². The van der Waals surface area contributed by atoms with Crippen LogP contribution in [0.25, 0.3) is 0 Å². The van der Waals surface area contributed by atoms with Crippen molar-refractivity contribution in [3.63, 3.8) is 0 Å². The van der Waals surface area contributed by atoms with Gasteiger partial charge in [0.1, 0.15) is 5.75 Å². The molecule has 7 nitrogen and oxygen atoms in total. The van der Waals surface area contributed by atoms with Gasteiger partial charge in [-0.25, -0.2) is 4.79 Å². The van der Waals surface area contributed by atoms with Gasteiger partial charge in [-0.3, -0.25) is 20.4 Å². The maximum Gasteiger partial charge on any atom is 0.347 e. The van der Waals surface area contributed by atoms with Crippen molar-refractivity contribution in [3.05, 3.63) is 65.2 Å². The van der Waals surface area contributed by atoms with E-state index in [2.05, 4.69) is 10.9 Å². The molecule has 1 atom stereocenters. The lowest BCUT2D eigenvalue weighted by Crippen LogP contribution is -2.44. The summed E-state index contributed by atoms with van der Waals surface area (Å²) in [6, 6.07) is 14.8. The largest absolute Gasteiger partial charge is 0.479 e. The summed E-state index contributed by atoms with van der Waals surface area (Å²) < 4.78 is 10.2. The number of amides is 2. The molecule has 0 heterocycles. The maximum atomic E-state index is 11.8. The number of rotatable bonds is 6. The van der Waals surface area contributed by atoms with E-state index in [4.69, 9.17) is 21.1 Å². The Bertz CT molecular complexity index is 765. The first-order valence-electron chi connectivity index (χ1n) is 7.69. The van der Waals surface area contributed by atoms with Crippen LogP contribution in [-0.2, 0) is 14.3 Å². The zero-order valence-electron chi connectivity index (χ0n) is 13.9. The van der Waals surface area contributed by atoms with Gasteiger partial charge in [-0.1, -0.05) is 29.8 Å². The molecule has 0 saturated heterocycles. The van der Waals surface area contributed by atoms with E-state index >= 15 is 0 Å². The van der Waals surface area contributed by atoms with Gasteiger partial charge in [-0.15, -0.1) is 0 Å². The Balaban J connectivity index is 1.71. The first-order valence-corrected chi connectivity index (χ1v) is 8.06. The minimum Gasteiger partial charge on any atom is -0.479 e. The molecule has 0 aliphatic heterocycles. The lowest BCUT2D eigenvalue weighted by molar-refractivity contribution is -0.154. The summed E-state index contributed by atoms with van der Waals surface area (Å²) in [4.78, 5) is 35.2. The fraction of sp³-hybridized carbons (Fsp3) is 0.167. The quantitative estimate of drug-likeness (QED) is 0.595. The molecule has 0 spiro atoms. The molecule has 0 saturated carbocycles. The van der Waals surface area contributed by atoms with Crippen molar-refractivity contribution in [2.75, 3.05) is 6.61 Å². The molecule has 8 heteroatoms. The summed E-state index contributed by atoms with van der Waals surface area (Å²) in [7, 11) is 0. The number of benzene rings is 2. The molecule has 2 amide bonds. The van der Waals surface area contributed by atoms with Crippen LogP contribution < -0.4 is 15.6 Å². The minimum atomic E-state index is -0.914. The highest BCUT2D eigenvalue weighted by molar-refractivity contribution is 6.30.